The second-order valence-corrected chi connectivity index (χ2v) is 10.5. The Balaban J connectivity index is 1.30. The summed E-state index contributed by atoms with van der Waals surface area (Å²) in [7, 11) is 0. The van der Waals surface area contributed by atoms with Crippen LogP contribution in [0.3, 0.4) is 0 Å². The van der Waals surface area contributed by atoms with Crippen molar-refractivity contribution in [2.45, 2.75) is 25.0 Å². The van der Waals surface area contributed by atoms with Crippen LogP contribution in [-0.2, 0) is 4.74 Å². The molecule has 182 valence electrons. The number of quaternary nitrogens is 1. The van der Waals surface area contributed by atoms with Crippen LogP contribution in [0.15, 0.2) is 66.0 Å². The summed E-state index contributed by atoms with van der Waals surface area (Å²) in [6, 6.07) is 15.2. The minimum absolute atomic E-state index is 0.123. The second kappa shape index (κ2) is 9.87. The first-order valence-corrected chi connectivity index (χ1v) is 12.7. The SMILES string of the molecule is O=C(N[C@H]1C[N+]2(CC(=O)c3cccs3)CCC1CC2)OC(c1cccc(F)c1)c1cccc(F)c1. The predicted molar refractivity (Wildman–Crippen MR) is 129 cm³/mol. The van der Waals surface area contributed by atoms with E-state index in [-0.39, 0.29) is 11.8 Å². The van der Waals surface area contributed by atoms with E-state index < -0.39 is 23.8 Å². The molecule has 1 N–H and O–H groups in total. The Morgan fingerprint density at radius 2 is 1.66 bits per heavy atom. The van der Waals surface area contributed by atoms with Gasteiger partial charge >= 0.3 is 6.09 Å². The molecule has 3 aromatic rings. The van der Waals surface area contributed by atoms with E-state index in [2.05, 4.69) is 5.32 Å². The molecule has 5 nitrogen and oxygen atoms in total. The highest BCUT2D eigenvalue weighted by Crippen LogP contribution is 2.35. The molecule has 0 radical (unpaired) electrons. The third-order valence-electron chi connectivity index (χ3n) is 7.21. The van der Waals surface area contributed by atoms with Crippen LogP contribution in [0.5, 0.6) is 0 Å². The number of nitrogens with zero attached hydrogens (tertiary/aromatic N) is 1. The zero-order valence-corrected chi connectivity index (χ0v) is 20.0. The summed E-state index contributed by atoms with van der Waals surface area (Å²) in [5.41, 5.74) is 0.842. The molecule has 4 heterocycles. The maximum absolute atomic E-state index is 13.9. The number of fused-ring (bicyclic) bond motifs is 3. The van der Waals surface area contributed by atoms with E-state index in [0.29, 0.717) is 34.6 Å². The molecule has 6 rings (SSSR count). The van der Waals surface area contributed by atoms with Crippen molar-refractivity contribution in [3.8, 4) is 0 Å². The molecule has 35 heavy (non-hydrogen) atoms. The summed E-state index contributed by atoms with van der Waals surface area (Å²) in [5, 5.41) is 4.92. The number of ketones is 1. The van der Waals surface area contributed by atoms with Crippen molar-refractivity contribution in [2.75, 3.05) is 26.2 Å². The Kier molecular flexibility index (Phi) is 6.67. The molecule has 8 heteroatoms. The van der Waals surface area contributed by atoms with E-state index in [4.69, 9.17) is 4.74 Å². The molecule has 1 amide bonds. The van der Waals surface area contributed by atoms with Gasteiger partial charge in [0.15, 0.2) is 6.10 Å². The van der Waals surface area contributed by atoms with Crippen LogP contribution < -0.4 is 5.32 Å². The molecular formula is C27H27F2N2O3S+. The monoisotopic (exact) mass is 497 g/mol. The maximum atomic E-state index is 13.9. The number of rotatable bonds is 7. The third kappa shape index (κ3) is 5.28. The number of hydrogen-bond acceptors (Lipinski definition) is 4. The van der Waals surface area contributed by atoms with Gasteiger partial charge in [-0.2, -0.15) is 0 Å². The van der Waals surface area contributed by atoms with Crippen molar-refractivity contribution < 1.29 is 27.6 Å². The number of nitrogens with one attached hydrogen (secondary N) is 1. The summed E-state index contributed by atoms with van der Waals surface area (Å²) in [6.07, 6.45) is 0.274. The van der Waals surface area contributed by atoms with Gasteiger partial charge in [-0.1, -0.05) is 30.3 Å². The minimum atomic E-state index is -0.953. The average Bonchev–Trinajstić information content (AvgIpc) is 3.38. The van der Waals surface area contributed by atoms with Crippen LogP contribution in [-0.4, -0.2) is 48.6 Å². The Morgan fingerprint density at radius 1 is 1.00 bits per heavy atom. The zero-order valence-electron chi connectivity index (χ0n) is 19.2. The van der Waals surface area contributed by atoms with Crippen LogP contribution in [0.2, 0.25) is 0 Å². The summed E-state index contributed by atoms with van der Waals surface area (Å²) < 4.78 is 34.3. The first-order chi connectivity index (χ1) is 16.9. The molecule has 2 aromatic carbocycles. The highest BCUT2D eigenvalue weighted by molar-refractivity contribution is 7.12. The highest BCUT2D eigenvalue weighted by Gasteiger charge is 2.47. The molecule has 3 aliphatic heterocycles. The number of piperidine rings is 3. The first kappa shape index (κ1) is 23.6. The lowest BCUT2D eigenvalue weighted by atomic mass is 9.81. The number of ether oxygens (including phenoxy) is 1. The first-order valence-electron chi connectivity index (χ1n) is 11.8. The molecule has 2 bridgehead atoms. The van der Waals surface area contributed by atoms with E-state index in [0.717, 1.165) is 30.8 Å². The van der Waals surface area contributed by atoms with Crippen molar-refractivity contribution >= 4 is 23.2 Å². The van der Waals surface area contributed by atoms with Crippen molar-refractivity contribution in [1.29, 1.82) is 0 Å². The van der Waals surface area contributed by atoms with Gasteiger partial charge < -0.3 is 14.5 Å². The maximum Gasteiger partial charge on any atom is 0.408 e. The lowest BCUT2D eigenvalue weighted by Crippen LogP contribution is -2.68. The second-order valence-electron chi connectivity index (χ2n) is 9.51. The van der Waals surface area contributed by atoms with Crippen molar-refractivity contribution in [2.24, 2.45) is 5.92 Å². The molecule has 0 spiro atoms. The van der Waals surface area contributed by atoms with Crippen LogP contribution in [0.25, 0.3) is 0 Å². The molecule has 0 aliphatic carbocycles. The quantitative estimate of drug-likeness (QED) is 0.355. The summed E-state index contributed by atoms with van der Waals surface area (Å²) in [4.78, 5) is 26.6. The number of halogens is 2. The number of hydrogen-bond donors (Lipinski definition) is 1. The van der Waals surface area contributed by atoms with E-state index in [1.807, 2.05) is 17.5 Å². The summed E-state index contributed by atoms with van der Waals surface area (Å²) >= 11 is 1.45. The molecule has 3 saturated heterocycles. The molecular weight excluding hydrogens is 470 g/mol. The third-order valence-corrected chi connectivity index (χ3v) is 8.12. The number of carbonyl (C=O) groups excluding carboxylic acids is 2. The molecule has 1 aromatic heterocycles. The van der Waals surface area contributed by atoms with Gasteiger partial charge in [-0.3, -0.25) is 4.79 Å². The Labute approximate surface area is 206 Å². The average molecular weight is 498 g/mol. The molecule has 3 fully saturated rings. The molecule has 0 unspecified atom stereocenters. The van der Waals surface area contributed by atoms with E-state index in [9.17, 15) is 18.4 Å². The van der Waals surface area contributed by atoms with Gasteiger partial charge in [0, 0.05) is 12.8 Å². The Bertz CT molecular complexity index is 1160. The van der Waals surface area contributed by atoms with Gasteiger partial charge in [0.05, 0.1) is 30.6 Å². The fraction of sp³-hybridized carbons (Fsp3) is 0.333. The van der Waals surface area contributed by atoms with Crippen LogP contribution >= 0.6 is 11.3 Å². The molecule has 1 atom stereocenters. The fourth-order valence-corrected chi connectivity index (χ4v) is 6.11. The number of benzene rings is 2. The summed E-state index contributed by atoms with van der Waals surface area (Å²) in [5.74, 6) is -0.473. The number of thiophene rings is 1. The largest absolute Gasteiger partial charge is 0.436 e. The molecule has 0 saturated carbocycles. The Hall–Kier alpha value is -3.10. The minimum Gasteiger partial charge on any atom is -0.436 e. The summed E-state index contributed by atoms with van der Waals surface area (Å²) in [6.45, 7) is 2.94. The normalized spacial score (nSPS) is 23.3. The van der Waals surface area contributed by atoms with Gasteiger partial charge in [0.25, 0.3) is 0 Å². The smallest absolute Gasteiger partial charge is 0.408 e. The number of carbonyl (C=O) groups is 2. The number of alkyl carbamates (subject to hydrolysis) is 1. The van der Waals surface area contributed by atoms with Gasteiger partial charge in [-0.15, -0.1) is 11.3 Å². The molecule has 3 aliphatic rings. The standard InChI is InChI=1S/C27H26F2N2O3S/c28-21-6-1-4-19(14-21)26(20-5-2-7-22(29)15-20)34-27(33)30-23-16-31(11-9-18(23)10-12-31)17-24(32)25-8-3-13-35-25/h1-8,13-15,18,23,26H,9-12,16-17H2/p+1/t18?,23-,31?/m0/s1. The lowest BCUT2D eigenvalue weighted by Gasteiger charge is -2.52. The van der Waals surface area contributed by atoms with E-state index >= 15 is 0 Å². The van der Waals surface area contributed by atoms with Gasteiger partial charge in [-0.05, 0) is 52.8 Å². The van der Waals surface area contributed by atoms with Gasteiger partial charge in [0.1, 0.15) is 18.2 Å². The Morgan fingerprint density at radius 3 is 2.23 bits per heavy atom. The predicted octanol–water partition coefficient (Wildman–Crippen LogP) is 5.33. The van der Waals surface area contributed by atoms with Crippen molar-refractivity contribution in [1.82, 2.24) is 5.32 Å². The van der Waals surface area contributed by atoms with E-state index in [1.165, 1.54) is 47.7 Å². The van der Waals surface area contributed by atoms with Crippen molar-refractivity contribution in [3.63, 3.8) is 0 Å². The van der Waals surface area contributed by atoms with Gasteiger partial charge in [-0.25, -0.2) is 13.6 Å². The van der Waals surface area contributed by atoms with Gasteiger partial charge in [0.2, 0.25) is 5.78 Å². The van der Waals surface area contributed by atoms with E-state index in [1.54, 1.807) is 12.1 Å². The van der Waals surface area contributed by atoms with Crippen LogP contribution in [0.4, 0.5) is 13.6 Å². The highest BCUT2D eigenvalue weighted by atomic mass is 32.1. The van der Waals surface area contributed by atoms with Crippen molar-refractivity contribution in [3.05, 3.63) is 93.7 Å². The number of amides is 1. The lowest BCUT2D eigenvalue weighted by molar-refractivity contribution is -0.936. The fourth-order valence-electron chi connectivity index (χ4n) is 5.45. The van der Waals surface area contributed by atoms with Crippen LogP contribution in [0.1, 0.15) is 39.7 Å². The topological polar surface area (TPSA) is 55.4 Å². The van der Waals surface area contributed by atoms with Crippen LogP contribution in [0, 0.1) is 17.6 Å². The number of Topliss-reactive ketones (excluding diaryl/α,β-unsaturated/α-hetero) is 1. The zero-order chi connectivity index (χ0) is 24.4.